The van der Waals surface area contributed by atoms with Crippen molar-refractivity contribution in [3.8, 4) is 5.75 Å². The van der Waals surface area contributed by atoms with E-state index >= 15 is 0 Å². The third-order valence-corrected chi connectivity index (χ3v) is 4.06. The number of amides is 1. The summed E-state index contributed by atoms with van der Waals surface area (Å²) in [4.78, 5) is 23.4. The predicted molar refractivity (Wildman–Crippen MR) is 99.4 cm³/mol. The number of nitrogens with zero attached hydrogens (tertiary/aromatic N) is 2. The van der Waals surface area contributed by atoms with Gasteiger partial charge in [-0.1, -0.05) is 12.1 Å². The molecular formula is C19H21N3O4. The second-order valence-corrected chi connectivity index (χ2v) is 6.11. The van der Waals surface area contributed by atoms with Gasteiger partial charge in [0.05, 0.1) is 17.6 Å². The zero-order valence-electron chi connectivity index (χ0n) is 14.7. The number of rotatable bonds is 6. The Morgan fingerprint density at radius 3 is 2.46 bits per heavy atom. The molecule has 136 valence electrons. The molecule has 3 aromatic rings. The Kier molecular flexibility index (Phi) is 5.09. The van der Waals surface area contributed by atoms with Crippen LogP contribution in [0.5, 0.6) is 5.75 Å². The molecule has 0 spiro atoms. The van der Waals surface area contributed by atoms with Gasteiger partial charge in [-0.25, -0.2) is 4.79 Å². The van der Waals surface area contributed by atoms with E-state index in [0.717, 1.165) is 11.0 Å². The molecule has 0 aliphatic heterocycles. The summed E-state index contributed by atoms with van der Waals surface area (Å²) in [5.74, 6) is 0.429. The zero-order chi connectivity index (χ0) is 18.7. The Hall–Kier alpha value is -3.06. The molecule has 26 heavy (non-hydrogen) atoms. The molecule has 7 heteroatoms. The molecule has 2 aromatic carbocycles. The van der Waals surface area contributed by atoms with Crippen molar-refractivity contribution < 1.29 is 14.6 Å². The molecule has 0 saturated carbocycles. The molecule has 0 fully saturated rings. The number of carbonyl (C=O) groups is 1. The van der Waals surface area contributed by atoms with Crippen LogP contribution in [-0.2, 0) is 18.4 Å². The average molecular weight is 355 g/mol. The molecule has 0 bridgehead atoms. The number of para-hydroxylation sites is 2. The highest BCUT2D eigenvalue weighted by Gasteiger charge is 2.14. The third-order valence-electron chi connectivity index (χ3n) is 4.06. The zero-order valence-corrected chi connectivity index (χ0v) is 14.7. The van der Waals surface area contributed by atoms with Crippen LogP contribution < -0.4 is 15.7 Å². The summed E-state index contributed by atoms with van der Waals surface area (Å²) in [5.41, 5.74) is 2.09. The smallest absolute Gasteiger partial charge is 0.328 e. The molecule has 0 radical (unpaired) electrons. The highest BCUT2D eigenvalue weighted by atomic mass is 16.5. The normalized spacial score (nSPS) is 12.1. The number of nitrogens with one attached hydrogen (secondary N) is 1. The first-order valence-electron chi connectivity index (χ1n) is 8.28. The lowest BCUT2D eigenvalue weighted by Crippen LogP contribution is -2.30. The molecule has 7 nitrogen and oxygen atoms in total. The summed E-state index contributed by atoms with van der Waals surface area (Å²) in [6.07, 6.45) is -0.839. The van der Waals surface area contributed by atoms with Crippen LogP contribution in [0.4, 0.5) is 5.69 Å². The Labute approximate surface area is 150 Å². The van der Waals surface area contributed by atoms with Crippen LogP contribution in [0.25, 0.3) is 11.0 Å². The molecule has 0 unspecified atom stereocenters. The SMILES string of the molecule is CC(=O)Nc1ccc(OC[C@@H](O)Cn2c(=O)n(C)c3ccccc32)cc1. The van der Waals surface area contributed by atoms with Crippen molar-refractivity contribution in [1.29, 1.82) is 0 Å². The summed E-state index contributed by atoms with van der Waals surface area (Å²) < 4.78 is 8.68. The summed E-state index contributed by atoms with van der Waals surface area (Å²) in [6, 6.07) is 14.3. The Morgan fingerprint density at radius 1 is 1.15 bits per heavy atom. The quantitative estimate of drug-likeness (QED) is 0.705. The van der Waals surface area contributed by atoms with E-state index in [1.165, 1.54) is 6.92 Å². The van der Waals surface area contributed by atoms with Crippen LogP contribution in [0.2, 0.25) is 0 Å². The van der Waals surface area contributed by atoms with Crippen LogP contribution in [-0.4, -0.2) is 32.9 Å². The maximum absolute atomic E-state index is 12.4. The number of aliphatic hydroxyl groups excluding tert-OH is 1. The van der Waals surface area contributed by atoms with Gasteiger partial charge in [-0.2, -0.15) is 0 Å². The average Bonchev–Trinajstić information content (AvgIpc) is 2.86. The van der Waals surface area contributed by atoms with Crippen LogP contribution in [0.1, 0.15) is 6.92 Å². The number of imidazole rings is 1. The van der Waals surface area contributed by atoms with Crippen molar-refractivity contribution in [2.24, 2.45) is 7.05 Å². The Bertz CT molecular complexity index is 973. The fourth-order valence-electron chi connectivity index (χ4n) is 2.83. The van der Waals surface area contributed by atoms with Crippen LogP contribution >= 0.6 is 0 Å². The topological polar surface area (TPSA) is 85.5 Å². The molecule has 1 atom stereocenters. The van der Waals surface area contributed by atoms with Crippen LogP contribution in [0.15, 0.2) is 53.3 Å². The summed E-state index contributed by atoms with van der Waals surface area (Å²) >= 11 is 0. The van der Waals surface area contributed by atoms with Crippen molar-refractivity contribution in [3.63, 3.8) is 0 Å². The van der Waals surface area contributed by atoms with Crippen molar-refractivity contribution in [2.75, 3.05) is 11.9 Å². The highest BCUT2D eigenvalue weighted by Crippen LogP contribution is 2.16. The maximum atomic E-state index is 12.4. The number of aliphatic hydroxyl groups is 1. The lowest BCUT2D eigenvalue weighted by molar-refractivity contribution is -0.114. The van der Waals surface area contributed by atoms with Crippen molar-refractivity contribution >= 4 is 22.6 Å². The van der Waals surface area contributed by atoms with Gasteiger partial charge < -0.3 is 15.2 Å². The molecule has 1 amide bonds. The summed E-state index contributed by atoms with van der Waals surface area (Å²) in [5, 5.41) is 13.0. The first-order chi connectivity index (χ1) is 12.5. The number of carbonyl (C=O) groups excluding carboxylic acids is 1. The Balaban J connectivity index is 1.65. The first kappa shape index (κ1) is 17.8. The second kappa shape index (κ2) is 7.45. The largest absolute Gasteiger partial charge is 0.491 e. The lowest BCUT2D eigenvalue weighted by atomic mass is 10.3. The number of fused-ring (bicyclic) bond motifs is 1. The molecule has 3 rings (SSSR count). The van der Waals surface area contributed by atoms with Crippen LogP contribution in [0, 0.1) is 0 Å². The minimum absolute atomic E-state index is 0.0507. The number of anilines is 1. The number of aryl methyl sites for hydroxylation is 1. The van der Waals surface area contributed by atoms with E-state index in [-0.39, 0.29) is 24.7 Å². The minimum atomic E-state index is -0.839. The number of aromatic nitrogens is 2. The molecule has 2 N–H and O–H groups in total. The lowest BCUT2D eigenvalue weighted by Gasteiger charge is -2.13. The maximum Gasteiger partial charge on any atom is 0.328 e. The van der Waals surface area contributed by atoms with E-state index in [4.69, 9.17) is 4.74 Å². The first-order valence-corrected chi connectivity index (χ1v) is 8.28. The summed E-state index contributed by atoms with van der Waals surface area (Å²) in [7, 11) is 1.71. The number of ether oxygens (including phenoxy) is 1. The molecule has 1 aromatic heterocycles. The molecule has 0 aliphatic carbocycles. The van der Waals surface area contributed by atoms with E-state index in [9.17, 15) is 14.7 Å². The van der Waals surface area contributed by atoms with Gasteiger partial charge in [0.2, 0.25) is 5.91 Å². The highest BCUT2D eigenvalue weighted by molar-refractivity contribution is 5.88. The van der Waals surface area contributed by atoms with Crippen LogP contribution in [0.3, 0.4) is 0 Å². The van der Waals surface area contributed by atoms with Crippen molar-refractivity contribution in [2.45, 2.75) is 19.6 Å². The number of benzene rings is 2. The van der Waals surface area contributed by atoms with E-state index in [1.807, 2.05) is 24.3 Å². The van der Waals surface area contributed by atoms with E-state index in [1.54, 1.807) is 40.4 Å². The van der Waals surface area contributed by atoms with Gasteiger partial charge in [-0.05, 0) is 36.4 Å². The monoisotopic (exact) mass is 355 g/mol. The van der Waals surface area contributed by atoms with Gasteiger partial charge in [0.15, 0.2) is 0 Å². The van der Waals surface area contributed by atoms with Gasteiger partial charge in [0.1, 0.15) is 18.5 Å². The van der Waals surface area contributed by atoms with Crippen molar-refractivity contribution in [1.82, 2.24) is 9.13 Å². The van der Waals surface area contributed by atoms with Crippen molar-refractivity contribution in [3.05, 3.63) is 59.0 Å². The molecular weight excluding hydrogens is 334 g/mol. The van der Waals surface area contributed by atoms with Gasteiger partial charge in [-0.3, -0.25) is 13.9 Å². The van der Waals surface area contributed by atoms with E-state index < -0.39 is 6.10 Å². The van der Waals surface area contributed by atoms with Gasteiger partial charge in [0, 0.05) is 19.7 Å². The van der Waals surface area contributed by atoms with Gasteiger partial charge in [0.25, 0.3) is 0 Å². The van der Waals surface area contributed by atoms with Gasteiger partial charge in [-0.15, -0.1) is 0 Å². The second-order valence-electron chi connectivity index (χ2n) is 6.11. The summed E-state index contributed by atoms with van der Waals surface area (Å²) in [6.45, 7) is 1.63. The number of hydrogen-bond donors (Lipinski definition) is 2. The minimum Gasteiger partial charge on any atom is -0.491 e. The molecule has 0 saturated heterocycles. The third kappa shape index (κ3) is 3.78. The fraction of sp³-hybridized carbons (Fsp3) is 0.263. The molecule has 0 aliphatic rings. The number of hydrogen-bond acceptors (Lipinski definition) is 4. The van der Waals surface area contributed by atoms with E-state index in [2.05, 4.69) is 5.32 Å². The standard InChI is InChI=1S/C19H21N3O4/c1-13(23)20-14-7-9-16(10-8-14)26-12-15(24)11-22-18-6-4-3-5-17(18)21(2)19(22)25/h3-10,15,24H,11-12H2,1-2H3,(H,20,23)/t15-/m0/s1. The van der Waals surface area contributed by atoms with Gasteiger partial charge >= 0.3 is 5.69 Å². The Morgan fingerprint density at radius 2 is 1.81 bits per heavy atom. The predicted octanol–water partition coefficient (Wildman–Crippen LogP) is 1.74. The fourth-order valence-corrected chi connectivity index (χ4v) is 2.83. The van der Waals surface area contributed by atoms with E-state index in [0.29, 0.717) is 11.4 Å². The molecule has 1 heterocycles.